The normalized spacial score (nSPS) is 10.0. The Morgan fingerprint density at radius 2 is 1.76 bits per heavy atom. The molecule has 0 radical (unpaired) electrons. The molecule has 1 amide bonds. The van der Waals surface area contributed by atoms with Gasteiger partial charge in [-0.2, -0.15) is 0 Å². The molecule has 0 saturated carbocycles. The molecule has 0 fully saturated rings. The maximum atomic E-state index is 12.2. The van der Waals surface area contributed by atoms with E-state index in [-0.39, 0.29) is 11.7 Å². The molecule has 108 valence electrons. The average Bonchev–Trinajstić information content (AvgIpc) is 2.47. The van der Waals surface area contributed by atoms with Gasteiger partial charge in [0.15, 0.2) is 5.78 Å². The first kappa shape index (κ1) is 15.1. The molecule has 0 atom stereocenters. The zero-order valence-corrected chi connectivity index (χ0v) is 12.4. The lowest BCUT2D eigenvalue weighted by Crippen LogP contribution is -2.13. The predicted octanol–water partition coefficient (Wildman–Crippen LogP) is 3.80. The molecule has 0 aliphatic rings. The lowest BCUT2D eigenvalue weighted by atomic mass is 10.1. The van der Waals surface area contributed by atoms with E-state index in [1.807, 2.05) is 0 Å². The summed E-state index contributed by atoms with van der Waals surface area (Å²) in [5.74, 6) is 0.0756. The largest absolute Gasteiger partial charge is 0.496 e. The van der Waals surface area contributed by atoms with Crippen molar-refractivity contribution in [3.63, 3.8) is 0 Å². The molecule has 0 spiro atoms. The second kappa shape index (κ2) is 6.41. The molecule has 1 N–H and O–H groups in total. The van der Waals surface area contributed by atoms with E-state index in [0.717, 1.165) is 0 Å². The summed E-state index contributed by atoms with van der Waals surface area (Å²) in [7, 11) is 1.48. The number of carbonyl (C=O) groups excluding carboxylic acids is 2. The maximum absolute atomic E-state index is 12.2. The molecule has 0 aliphatic heterocycles. The summed E-state index contributed by atoms with van der Waals surface area (Å²) < 4.78 is 5.15. The van der Waals surface area contributed by atoms with Crippen LogP contribution in [-0.2, 0) is 0 Å². The van der Waals surface area contributed by atoms with Crippen LogP contribution in [0.15, 0.2) is 42.5 Å². The van der Waals surface area contributed by atoms with E-state index in [4.69, 9.17) is 16.3 Å². The standard InChI is InChI=1S/C16H14ClNO3/c1-10(19)11-3-6-13(7-4-11)18-16(20)14-8-5-12(17)9-15(14)21-2/h3-9H,1-2H3,(H,18,20). The van der Waals surface area contributed by atoms with E-state index in [2.05, 4.69) is 5.32 Å². The minimum atomic E-state index is -0.306. The number of anilines is 1. The number of halogens is 1. The van der Waals surface area contributed by atoms with Crippen molar-refractivity contribution in [2.75, 3.05) is 12.4 Å². The number of hydrogen-bond donors (Lipinski definition) is 1. The smallest absolute Gasteiger partial charge is 0.259 e. The fraction of sp³-hybridized carbons (Fsp3) is 0.125. The summed E-state index contributed by atoms with van der Waals surface area (Å²) in [5.41, 5.74) is 1.58. The molecule has 5 heteroatoms. The van der Waals surface area contributed by atoms with Crippen molar-refractivity contribution >= 4 is 29.0 Å². The number of nitrogens with one attached hydrogen (secondary N) is 1. The highest BCUT2D eigenvalue weighted by Crippen LogP contribution is 2.24. The summed E-state index contributed by atoms with van der Waals surface area (Å²) in [6.07, 6.45) is 0. The highest BCUT2D eigenvalue weighted by molar-refractivity contribution is 6.31. The summed E-state index contributed by atoms with van der Waals surface area (Å²) in [6, 6.07) is 11.5. The second-order valence-electron chi connectivity index (χ2n) is 4.43. The monoisotopic (exact) mass is 303 g/mol. The fourth-order valence-corrected chi connectivity index (χ4v) is 2.00. The number of amides is 1. The van der Waals surface area contributed by atoms with E-state index < -0.39 is 0 Å². The summed E-state index contributed by atoms with van der Waals surface area (Å²) in [6.45, 7) is 1.49. The van der Waals surface area contributed by atoms with Crippen LogP contribution in [0.2, 0.25) is 5.02 Å². The molecule has 21 heavy (non-hydrogen) atoms. The van der Waals surface area contributed by atoms with Gasteiger partial charge in [0.2, 0.25) is 0 Å². The quantitative estimate of drug-likeness (QED) is 0.874. The average molecular weight is 304 g/mol. The van der Waals surface area contributed by atoms with Gasteiger partial charge >= 0.3 is 0 Å². The van der Waals surface area contributed by atoms with E-state index in [1.54, 1.807) is 42.5 Å². The minimum absolute atomic E-state index is 0.0211. The molecule has 0 aliphatic carbocycles. The number of methoxy groups -OCH3 is 1. The van der Waals surface area contributed by atoms with Crippen LogP contribution in [0.25, 0.3) is 0 Å². The zero-order chi connectivity index (χ0) is 15.4. The number of ketones is 1. The van der Waals surface area contributed by atoms with Gasteiger partial charge in [-0.1, -0.05) is 11.6 Å². The van der Waals surface area contributed by atoms with E-state index in [0.29, 0.717) is 27.6 Å². The number of ether oxygens (including phenoxy) is 1. The van der Waals surface area contributed by atoms with Crippen molar-refractivity contribution in [3.8, 4) is 5.75 Å². The van der Waals surface area contributed by atoms with Gasteiger partial charge in [-0.25, -0.2) is 0 Å². The number of rotatable bonds is 4. The van der Waals surface area contributed by atoms with Gasteiger partial charge in [0.25, 0.3) is 5.91 Å². The van der Waals surface area contributed by atoms with Crippen molar-refractivity contribution in [2.45, 2.75) is 6.92 Å². The maximum Gasteiger partial charge on any atom is 0.259 e. The van der Waals surface area contributed by atoms with Crippen molar-refractivity contribution in [3.05, 3.63) is 58.6 Å². The van der Waals surface area contributed by atoms with Crippen LogP contribution in [0.4, 0.5) is 5.69 Å². The summed E-state index contributed by atoms with van der Waals surface area (Å²) >= 11 is 5.86. The number of hydrogen-bond acceptors (Lipinski definition) is 3. The van der Waals surface area contributed by atoms with Crippen LogP contribution >= 0.6 is 11.6 Å². The third-order valence-corrected chi connectivity index (χ3v) is 3.19. The van der Waals surface area contributed by atoms with Crippen molar-refractivity contribution in [2.24, 2.45) is 0 Å². The Bertz CT molecular complexity index is 680. The molecule has 0 saturated heterocycles. The van der Waals surface area contributed by atoms with E-state index in [1.165, 1.54) is 14.0 Å². The van der Waals surface area contributed by atoms with Crippen LogP contribution < -0.4 is 10.1 Å². The highest BCUT2D eigenvalue weighted by Gasteiger charge is 2.13. The minimum Gasteiger partial charge on any atom is -0.496 e. The topological polar surface area (TPSA) is 55.4 Å². The Hall–Kier alpha value is -2.33. The van der Waals surface area contributed by atoms with Crippen LogP contribution in [0, 0.1) is 0 Å². The van der Waals surface area contributed by atoms with Gasteiger partial charge in [-0.3, -0.25) is 9.59 Å². The second-order valence-corrected chi connectivity index (χ2v) is 4.87. The Labute approximate surface area is 127 Å². The molecule has 2 rings (SSSR count). The van der Waals surface area contributed by atoms with Crippen LogP contribution in [0.1, 0.15) is 27.6 Å². The third-order valence-electron chi connectivity index (χ3n) is 2.96. The molecular weight excluding hydrogens is 290 g/mol. The lowest BCUT2D eigenvalue weighted by molar-refractivity contribution is 0.101. The third kappa shape index (κ3) is 3.61. The molecule has 2 aromatic rings. The van der Waals surface area contributed by atoms with Gasteiger partial charge in [0.05, 0.1) is 12.7 Å². The van der Waals surface area contributed by atoms with E-state index in [9.17, 15) is 9.59 Å². The van der Waals surface area contributed by atoms with E-state index >= 15 is 0 Å². The van der Waals surface area contributed by atoms with Crippen LogP contribution in [0.3, 0.4) is 0 Å². The molecule has 2 aromatic carbocycles. The molecule has 0 bridgehead atoms. The Balaban J connectivity index is 2.19. The molecule has 4 nitrogen and oxygen atoms in total. The fourth-order valence-electron chi connectivity index (χ4n) is 1.84. The van der Waals surface area contributed by atoms with Gasteiger partial charge in [-0.05, 0) is 49.4 Å². The molecule has 0 heterocycles. The lowest BCUT2D eigenvalue weighted by Gasteiger charge is -2.10. The first-order valence-corrected chi connectivity index (χ1v) is 6.65. The van der Waals surface area contributed by atoms with Crippen molar-refractivity contribution < 1.29 is 14.3 Å². The number of carbonyl (C=O) groups is 2. The van der Waals surface area contributed by atoms with Crippen LogP contribution in [0.5, 0.6) is 5.75 Å². The van der Waals surface area contributed by atoms with Crippen molar-refractivity contribution in [1.29, 1.82) is 0 Å². The Morgan fingerprint density at radius 3 is 2.33 bits per heavy atom. The molecular formula is C16H14ClNO3. The summed E-state index contributed by atoms with van der Waals surface area (Å²) in [4.78, 5) is 23.4. The van der Waals surface area contributed by atoms with Crippen molar-refractivity contribution in [1.82, 2.24) is 0 Å². The van der Waals surface area contributed by atoms with Gasteiger partial charge in [-0.15, -0.1) is 0 Å². The number of benzene rings is 2. The van der Waals surface area contributed by atoms with Gasteiger partial charge < -0.3 is 10.1 Å². The van der Waals surface area contributed by atoms with Gasteiger partial charge in [0.1, 0.15) is 5.75 Å². The Kier molecular flexibility index (Phi) is 4.60. The SMILES string of the molecule is COc1cc(Cl)ccc1C(=O)Nc1ccc(C(C)=O)cc1. The zero-order valence-electron chi connectivity index (χ0n) is 11.6. The molecule has 0 unspecified atom stereocenters. The molecule has 0 aromatic heterocycles. The highest BCUT2D eigenvalue weighted by atomic mass is 35.5. The summed E-state index contributed by atoms with van der Waals surface area (Å²) in [5, 5.41) is 3.24. The first-order valence-electron chi connectivity index (χ1n) is 6.27. The Morgan fingerprint density at radius 1 is 1.10 bits per heavy atom. The van der Waals surface area contributed by atoms with Crippen LogP contribution in [-0.4, -0.2) is 18.8 Å². The first-order chi connectivity index (χ1) is 10.0. The predicted molar refractivity (Wildman–Crippen MR) is 82.4 cm³/mol. The van der Waals surface area contributed by atoms with Gasteiger partial charge in [0, 0.05) is 16.3 Å². The number of Topliss-reactive ketones (excluding diaryl/α,β-unsaturated/α-hetero) is 1.